The van der Waals surface area contributed by atoms with E-state index in [1.807, 2.05) is 6.92 Å². The molecule has 1 aromatic heterocycles. The number of benzene rings is 2. The highest BCUT2D eigenvalue weighted by Gasteiger charge is 2.62. The Morgan fingerprint density at radius 3 is 2.59 bits per heavy atom. The van der Waals surface area contributed by atoms with Gasteiger partial charge in [-0.05, 0) is 55.4 Å². The number of aromatic hydroxyl groups is 1. The van der Waals surface area contributed by atoms with E-state index in [1.54, 1.807) is 50.4 Å². The summed E-state index contributed by atoms with van der Waals surface area (Å²) in [5.74, 6) is -0.0586. The first-order valence-electron chi connectivity index (χ1n) is 10.7. The molecule has 0 radical (unpaired) electrons. The van der Waals surface area contributed by atoms with Crippen LogP contribution in [-0.4, -0.2) is 32.0 Å². The zero-order valence-corrected chi connectivity index (χ0v) is 18.2. The quantitative estimate of drug-likeness (QED) is 0.491. The molecule has 0 saturated heterocycles. The predicted octanol–water partition coefficient (Wildman–Crippen LogP) is 5.55. The number of alkyl halides is 3. The van der Waals surface area contributed by atoms with E-state index in [9.17, 15) is 23.4 Å². The highest BCUT2D eigenvalue weighted by molar-refractivity contribution is 5.91. The Bertz CT molecular complexity index is 1170. The molecule has 32 heavy (non-hydrogen) atoms. The fourth-order valence-electron chi connectivity index (χ4n) is 4.74. The van der Waals surface area contributed by atoms with Gasteiger partial charge in [0.05, 0.1) is 11.6 Å². The third-order valence-corrected chi connectivity index (χ3v) is 6.50. The second kappa shape index (κ2) is 7.92. The van der Waals surface area contributed by atoms with Crippen molar-refractivity contribution >= 4 is 16.6 Å². The van der Waals surface area contributed by atoms with Crippen molar-refractivity contribution in [3.05, 3.63) is 59.0 Å². The van der Waals surface area contributed by atoms with Gasteiger partial charge in [0, 0.05) is 22.8 Å². The van der Waals surface area contributed by atoms with Crippen LogP contribution >= 0.6 is 0 Å². The zero-order chi connectivity index (χ0) is 23.3. The molecule has 0 aliphatic heterocycles. The first-order chi connectivity index (χ1) is 15.1. The van der Waals surface area contributed by atoms with Crippen LogP contribution in [0.5, 0.6) is 5.75 Å². The summed E-state index contributed by atoms with van der Waals surface area (Å²) in [4.78, 5) is 8.52. The van der Waals surface area contributed by atoms with Gasteiger partial charge >= 0.3 is 6.18 Å². The van der Waals surface area contributed by atoms with Crippen molar-refractivity contribution in [3.63, 3.8) is 0 Å². The molecule has 3 N–H and O–H groups in total. The van der Waals surface area contributed by atoms with Crippen LogP contribution < -0.4 is 5.32 Å². The average molecular weight is 445 g/mol. The van der Waals surface area contributed by atoms with E-state index in [1.165, 1.54) is 0 Å². The van der Waals surface area contributed by atoms with E-state index < -0.39 is 30.2 Å². The van der Waals surface area contributed by atoms with Gasteiger partial charge in [0.1, 0.15) is 11.6 Å². The number of halogens is 3. The number of fused-ring (bicyclic) bond motifs is 2. The highest BCUT2D eigenvalue weighted by Crippen LogP contribution is 2.55. The third-order valence-electron chi connectivity index (χ3n) is 6.50. The summed E-state index contributed by atoms with van der Waals surface area (Å²) in [6.45, 7) is 5.38. The lowest BCUT2D eigenvalue weighted by atomic mass is 9.68. The molecule has 0 spiro atoms. The van der Waals surface area contributed by atoms with Gasteiger partial charge in [-0.25, -0.2) is 9.97 Å². The Labute approximate surface area is 184 Å². The van der Waals surface area contributed by atoms with Crippen LogP contribution in [0.2, 0.25) is 0 Å². The molecule has 2 aromatic carbocycles. The minimum absolute atomic E-state index is 0.0183. The van der Waals surface area contributed by atoms with Gasteiger partial charge in [0.15, 0.2) is 5.60 Å². The summed E-state index contributed by atoms with van der Waals surface area (Å²) < 4.78 is 43.0. The van der Waals surface area contributed by atoms with Crippen molar-refractivity contribution < 1.29 is 23.4 Å². The number of aliphatic hydroxyl groups is 1. The molecule has 8 heteroatoms. The monoisotopic (exact) mass is 445 g/mol. The topological polar surface area (TPSA) is 78.3 Å². The van der Waals surface area contributed by atoms with Crippen molar-refractivity contribution in [2.45, 2.75) is 63.8 Å². The molecular weight excluding hydrogens is 419 g/mol. The number of phenolic OH excluding ortho intramolecular Hbond substituents is 1. The van der Waals surface area contributed by atoms with Crippen LogP contribution in [0.15, 0.2) is 36.5 Å². The minimum atomic E-state index is -4.88. The fourth-order valence-corrected chi connectivity index (χ4v) is 4.74. The molecule has 0 bridgehead atoms. The van der Waals surface area contributed by atoms with E-state index in [4.69, 9.17) is 0 Å². The standard InChI is InChI=1S/C24H26F3N3O2/c1-4-14-9-10-16-20(21(14)31)15(5-2)11-23(32,24(25,26)27)22(16)30-19-8-6-7-18-17(19)12-28-13(3)29-18/h6-10,12,15,22,30-32H,4-5,11H2,1-3H3/t15-,22-,23-/m1/s1. The van der Waals surface area contributed by atoms with E-state index in [0.29, 0.717) is 46.4 Å². The summed E-state index contributed by atoms with van der Waals surface area (Å²) in [6, 6.07) is 6.81. The third kappa shape index (κ3) is 3.46. The fraction of sp³-hybridized carbons (Fsp3) is 0.417. The van der Waals surface area contributed by atoms with Gasteiger partial charge in [0.2, 0.25) is 0 Å². The number of rotatable bonds is 4. The van der Waals surface area contributed by atoms with Crippen LogP contribution in [0, 0.1) is 6.92 Å². The van der Waals surface area contributed by atoms with Crippen LogP contribution in [0.25, 0.3) is 10.9 Å². The summed E-state index contributed by atoms with van der Waals surface area (Å²) >= 11 is 0. The molecule has 3 aromatic rings. The van der Waals surface area contributed by atoms with Crippen molar-refractivity contribution in [1.82, 2.24) is 9.97 Å². The lowest BCUT2D eigenvalue weighted by Crippen LogP contribution is -2.55. The molecule has 1 aliphatic carbocycles. The number of aryl methyl sites for hydroxylation is 2. The van der Waals surface area contributed by atoms with Gasteiger partial charge in [-0.15, -0.1) is 0 Å². The Morgan fingerprint density at radius 2 is 1.94 bits per heavy atom. The molecule has 0 fully saturated rings. The van der Waals surface area contributed by atoms with E-state index in [-0.39, 0.29) is 11.3 Å². The Balaban J connectivity index is 1.93. The maximum atomic E-state index is 14.3. The molecule has 1 heterocycles. The van der Waals surface area contributed by atoms with E-state index in [0.717, 1.165) is 0 Å². The summed E-state index contributed by atoms with van der Waals surface area (Å²) in [5.41, 5.74) is -0.644. The van der Waals surface area contributed by atoms with Crippen molar-refractivity contribution in [2.75, 3.05) is 5.32 Å². The van der Waals surface area contributed by atoms with Crippen molar-refractivity contribution in [1.29, 1.82) is 0 Å². The summed E-state index contributed by atoms with van der Waals surface area (Å²) in [7, 11) is 0. The van der Waals surface area contributed by atoms with E-state index in [2.05, 4.69) is 15.3 Å². The molecular formula is C24H26F3N3O2. The number of nitrogens with one attached hydrogen (secondary N) is 1. The summed E-state index contributed by atoms with van der Waals surface area (Å²) in [6.07, 6.45) is -2.95. The van der Waals surface area contributed by atoms with Crippen LogP contribution in [0.4, 0.5) is 18.9 Å². The van der Waals surface area contributed by atoms with Crippen LogP contribution in [0.1, 0.15) is 61.2 Å². The maximum absolute atomic E-state index is 14.3. The lowest BCUT2D eigenvalue weighted by molar-refractivity contribution is -0.272. The van der Waals surface area contributed by atoms with Crippen molar-refractivity contribution in [3.8, 4) is 5.75 Å². The average Bonchev–Trinajstić information content (AvgIpc) is 2.74. The molecule has 5 nitrogen and oxygen atoms in total. The molecule has 1 aliphatic rings. The molecule has 0 saturated carbocycles. The van der Waals surface area contributed by atoms with Gasteiger partial charge in [-0.1, -0.05) is 32.0 Å². The van der Waals surface area contributed by atoms with E-state index >= 15 is 0 Å². The van der Waals surface area contributed by atoms with Crippen LogP contribution in [-0.2, 0) is 6.42 Å². The molecule has 170 valence electrons. The predicted molar refractivity (Wildman–Crippen MR) is 117 cm³/mol. The number of anilines is 1. The number of hydrogen-bond donors (Lipinski definition) is 3. The Hall–Kier alpha value is -2.87. The van der Waals surface area contributed by atoms with Crippen LogP contribution in [0.3, 0.4) is 0 Å². The Kier molecular flexibility index (Phi) is 5.53. The van der Waals surface area contributed by atoms with Gasteiger partial charge < -0.3 is 15.5 Å². The number of nitrogens with zero attached hydrogens (tertiary/aromatic N) is 2. The SMILES string of the molecule is CCc1ccc2c(c1O)[C@H](CC)C[C@](O)(C(F)(F)F)[C@@H]2Nc1cccc2nc(C)ncc12. The normalized spacial score (nSPS) is 23.2. The minimum Gasteiger partial charge on any atom is -0.507 e. The zero-order valence-electron chi connectivity index (χ0n) is 18.2. The van der Waals surface area contributed by atoms with Gasteiger partial charge in [-0.2, -0.15) is 13.2 Å². The lowest BCUT2D eigenvalue weighted by Gasteiger charge is -2.46. The summed E-state index contributed by atoms with van der Waals surface area (Å²) in [5, 5.41) is 25.5. The second-order valence-corrected chi connectivity index (χ2v) is 8.39. The molecule has 3 atom stereocenters. The first-order valence-corrected chi connectivity index (χ1v) is 10.7. The smallest absolute Gasteiger partial charge is 0.419 e. The Morgan fingerprint density at radius 1 is 1.19 bits per heavy atom. The number of phenols is 1. The maximum Gasteiger partial charge on any atom is 0.419 e. The van der Waals surface area contributed by atoms with Crippen molar-refractivity contribution in [2.24, 2.45) is 0 Å². The number of aromatic nitrogens is 2. The molecule has 0 amide bonds. The van der Waals surface area contributed by atoms with Gasteiger partial charge in [-0.3, -0.25) is 0 Å². The second-order valence-electron chi connectivity index (χ2n) is 8.39. The first kappa shape index (κ1) is 22.3. The largest absolute Gasteiger partial charge is 0.507 e. The highest BCUT2D eigenvalue weighted by atomic mass is 19.4. The molecule has 0 unspecified atom stereocenters. The molecule has 4 rings (SSSR count). The number of hydrogen-bond acceptors (Lipinski definition) is 5. The van der Waals surface area contributed by atoms with Gasteiger partial charge in [0.25, 0.3) is 0 Å².